The molecule has 9 heteroatoms. The number of hydrogen-bond acceptors (Lipinski definition) is 4. The maximum atomic E-state index is 11.9. The Kier molecular flexibility index (Phi) is 7.02. The number of amides is 2. The number of carbonyl (C=O) groups excluding carboxylic acids is 1. The van der Waals surface area contributed by atoms with E-state index in [4.69, 9.17) is 17.3 Å². The Morgan fingerprint density at radius 2 is 2.04 bits per heavy atom. The number of nitrogens with zero attached hydrogens (tertiary/aromatic N) is 2. The summed E-state index contributed by atoms with van der Waals surface area (Å²) in [5.74, 6) is 0. The van der Waals surface area contributed by atoms with Crippen LogP contribution in [0, 0.1) is 17.0 Å². The summed E-state index contributed by atoms with van der Waals surface area (Å²) in [6.07, 6.45) is 0.440. The summed E-state index contributed by atoms with van der Waals surface area (Å²) in [4.78, 5) is 22.4. The molecule has 2 amide bonds. The number of nitro groups is 1. The van der Waals surface area contributed by atoms with Gasteiger partial charge >= 0.3 is 6.03 Å². The summed E-state index contributed by atoms with van der Waals surface area (Å²) in [5, 5.41) is 12.2. The van der Waals surface area contributed by atoms with Crippen molar-refractivity contribution < 1.29 is 9.72 Å². The van der Waals surface area contributed by atoms with Crippen LogP contribution in [0.3, 0.4) is 0 Å². The molecule has 0 aromatic heterocycles. The molecule has 25 heavy (non-hydrogen) atoms. The molecule has 2 rings (SSSR count). The van der Waals surface area contributed by atoms with E-state index >= 15 is 0 Å². The van der Waals surface area contributed by atoms with E-state index in [2.05, 4.69) is 5.43 Å². The van der Waals surface area contributed by atoms with Crippen LogP contribution >= 0.6 is 24.0 Å². The zero-order chi connectivity index (χ0) is 17.9. The van der Waals surface area contributed by atoms with Crippen molar-refractivity contribution in [1.82, 2.24) is 0 Å². The number of rotatable bonds is 5. The van der Waals surface area contributed by atoms with Crippen molar-refractivity contribution in [3.05, 3.63) is 62.7 Å². The average Bonchev–Trinajstić information content (AvgIpc) is 2.52. The Morgan fingerprint density at radius 3 is 2.56 bits per heavy atom. The Labute approximate surface area is 156 Å². The molecule has 0 aliphatic heterocycles. The normalized spacial score (nSPS) is 9.88. The smallest absolute Gasteiger partial charge is 0.338 e. The second kappa shape index (κ2) is 8.55. The van der Waals surface area contributed by atoms with Gasteiger partial charge in [0, 0.05) is 12.1 Å². The SMILES string of the molecule is CCc1cc([N+](=O)[O-])cc(Cl)c1N(Nc1cccc(C)c1)C(N)=O.Cl. The molecule has 0 saturated carbocycles. The zero-order valence-corrected chi connectivity index (χ0v) is 15.2. The van der Waals surface area contributed by atoms with E-state index in [0.717, 1.165) is 10.6 Å². The third-order valence-electron chi connectivity index (χ3n) is 3.42. The van der Waals surface area contributed by atoms with Gasteiger partial charge in [-0.3, -0.25) is 15.5 Å². The first-order valence-electron chi connectivity index (χ1n) is 7.23. The second-order valence-corrected chi connectivity index (χ2v) is 5.61. The maximum absolute atomic E-state index is 11.9. The van der Waals surface area contributed by atoms with Crippen molar-refractivity contribution in [3.63, 3.8) is 0 Å². The van der Waals surface area contributed by atoms with E-state index in [0.29, 0.717) is 23.4 Å². The van der Waals surface area contributed by atoms with Crippen molar-refractivity contribution in [2.75, 3.05) is 10.4 Å². The summed E-state index contributed by atoms with van der Waals surface area (Å²) >= 11 is 6.20. The number of nitrogens with one attached hydrogen (secondary N) is 1. The van der Waals surface area contributed by atoms with Crippen LogP contribution in [0.2, 0.25) is 5.02 Å². The van der Waals surface area contributed by atoms with Crippen LogP contribution in [0.25, 0.3) is 0 Å². The molecule has 0 aliphatic rings. The molecule has 2 aromatic rings. The van der Waals surface area contributed by atoms with E-state index in [-0.39, 0.29) is 23.1 Å². The molecular weight excluding hydrogens is 367 g/mol. The molecule has 0 spiro atoms. The molecule has 7 nitrogen and oxygen atoms in total. The number of aryl methyl sites for hydroxylation is 2. The Morgan fingerprint density at radius 1 is 1.36 bits per heavy atom. The van der Waals surface area contributed by atoms with Crippen LogP contribution in [-0.4, -0.2) is 11.0 Å². The zero-order valence-electron chi connectivity index (χ0n) is 13.7. The van der Waals surface area contributed by atoms with E-state index in [1.807, 2.05) is 32.0 Å². The van der Waals surface area contributed by atoms with Gasteiger partial charge in [0.25, 0.3) is 5.69 Å². The first-order valence-corrected chi connectivity index (χ1v) is 7.61. The number of halogens is 2. The first-order chi connectivity index (χ1) is 11.3. The van der Waals surface area contributed by atoms with E-state index in [1.54, 1.807) is 6.07 Å². The highest BCUT2D eigenvalue weighted by atomic mass is 35.5. The molecule has 0 unspecified atom stereocenters. The molecule has 0 bridgehead atoms. The minimum Gasteiger partial charge on any atom is -0.350 e. The second-order valence-electron chi connectivity index (χ2n) is 5.20. The van der Waals surface area contributed by atoms with Gasteiger partial charge in [-0.15, -0.1) is 12.4 Å². The number of primary amides is 1. The van der Waals surface area contributed by atoms with E-state index < -0.39 is 11.0 Å². The highest BCUT2D eigenvalue weighted by molar-refractivity contribution is 6.34. The molecule has 0 fully saturated rings. The quantitative estimate of drug-likeness (QED) is 0.586. The summed E-state index contributed by atoms with van der Waals surface area (Å²) in [6.45, 7) is 3.72. The molecule has 0 radical (unpaired) electrons. The summed E-state index contributed by atoms with van der Waals surface area (Å²) in [6, 6.07) is 9.15. The molecular formula is C16H18Cl2N4O3. The molecule has 2 aromatic carbocycles. The molecule has 0 atom stereocenters. The largest absolute Gasteiger partial charge is 0.350 e. The predicted molar refractivity (Wildman–Crippen MR) is 102 cm³/mol. The van der Waals surface area contributed by atoms with Gasteiger partial charge in [-0.05, 0) is 36.6 Å². The Balaban J connectivity index is 0.00000312. The van der Waals surface area contributed by atoms with Gasteiger partial charge in [0.1, 0.15) is 0 Å². The lowest BCUT2D eigenvalue weighted by molar-refractivity contribution is -0.384. The van der Waals surface area contributed by atoms with E-state index in [9.17, 15) is 14.9 Å². The fourth-order valence-corrected chi connectivity index (χ4v) is 2.65. The molecule has 0 saturated heterocycles. The number of benzene rings is 2. The molecule has 3 N–H and O–H groups in total. The minimum absolute atomic E-state index is 0. The monoisotopic (exact) mass is 384 g/mol. The third-order valence-corrected chi connectivity index (χ3v) is 3.71. The number of carbonyl (C=O) groups is 1. The third kappa shape index (κ3) is 4.74. The van der Waals surface area contributed by atoms with Gasteiger partial charge in [-0.25, -0.2) is 9.80 Å². The predicted octanol–water partition coefficient (Wildman–Crippen LogP) is 4.45. The molecule has 134 valence electrons. The van der Waals surface area contributed by atoms with Gasteiger partial charge in [0.2, 0.25) is 0 Å². The number of urea groups is 1. The van der Waals surface area contributed by atoms with Crippen LogP contribution in [0.5, 0.6) is 0 Å². The summed E-state index contributed by atoms with van der Waals surface area (Å²) < 4.78 is 0. The first kappa shape index (κ1) is 20.5. The lowest BCUT2D eigenvalue weighted by Gasteiger charge is -2.25. The van der Waals surface area contributed by atoms with Crippen molar-refractivity contribution in [3.8, 4) is 0 Å². The number of hydrogen-bond donors (Lipinski definition) is 2. The minimum atomic E-state index is -0.776. The Hall–Kier alpha value is -2.51. The van der Waals surface area contributed by atoms with E-state index in [1.165, 1.54) is 12.1 Å². The lowest BCUT2D eigenvalue weighted by Crippen LogP contribution is -2.41. The topological polar surface area (TPSA) is 102 Å². The van der Waals surface area contributed by atoms with Crippen molar-refractivity contribution >= 4 is 47.1 Å². The Bertz CT molecular complexity index is 799. The average molecular weight is 385 g/mol. The maximum Gasteiger partial charge on any atom is 0.338 e. The number of anilines is 2. The highest BCUT2D eigenvalue weighted by Gasteiger charge is 2.23. The van der Waals surface area contributed by atoms with Gasteiger partial charge in [-0.1, -0.05) is 30.7 Å². The molecule has 0 aliphatic carbocycles. The number of nitro benzene ring substituents is 1. The number of non-ortho nitro benzene ring substituents is 1. The van der Waals surface area contributed by atoms with Crippen molar-refractivity contribution in [2.24, 2.45) is 5.73 Å². The fourth-order valence-electron chi connectivity index (χ4n) is 2.33. The summed E-state index contributed by atoms with van der Waals surface area (Å²) in [5.41, 5.74) is 10.7. The van der Waals surface area contributed by atoms with Crippen LogP contribution in [-0.2, 0) is 6.42 Å². The van der Waals surface area contributed by atoms with Gasteiger partial charge in [0.05, 0.1) is 21.3 Å². The fraction of sp³-hybridized carbons (Fsp3) is 0.188. The van der Waals surface area contributed by atoms with Crippen molar-refractivity contribution in [2.45, 2.75) is 20.3 Å². The summed E-state index contributed by atoms with van der Waals surface area (Å²) in [7, 11) is 0. The number of nitrogens with two attached hydrogens (primary N) is 1. The molecule has 0 heterocycles. The van der Waals surface area contributed by atoms with Crippen molar-refractivity contribution in [1.29, 1.82) is 0 Å². The van der Waals surface area contributed by atoms with Gasteiger partial charge in [-0.2, -0.15) is 0 Å². The van der Waals surface area contributed by atoms with Crippen LogP contribution < -0.4 is 16.2 Å². The van der Waals surface area contributed by atoms with Crippen LogP contribution in [0.1, 0.15) is 18.1 Å². The lowest BCUT2D eigenvalue weighted by atomic mass is 10.1. The highest BCUT2D eigenvalue weighted by Crippen LogP contribution is 2.35. The van der Waals surface area contributed by atoms with Crippen LogP contribution in [0.4, 0.5) is 21.9 Å². The van der Waals surface area contributed by atoms with Gasteiger partial charge < -0.3 is 5.73 Å². The number of hydrazine groups is 1. The standard InChI is InChI=1S/C16H17ClN4O3.ClH/c1-3-11-8-13(21(23)24)9-14(17)15(11)20(16(18)22)19-12-6-4-5-10(2)7-12;/h4-9,19H,3H2,1-2H3,(H2,18,22);1H. The van der Waals surface area contributed by atoms with Crippen LogP contribution in [0.15, 0.2) is 36.4 Å². The van der Waals surface area contributed by atoms with Gasteiger partial charge in [0.15, 0.2) is 0 Å².